The molecule has 1 aromatic heterocycles. The summed E-state index contributed by atoms with van der Waals surface area (Å²) in [6, 6.07) is 2.89. The minimum atomic E-state index is -2.82. The van der Waals surface area contributed by atoms with Gasteiger partial charge in [0.1, 0.15) is 36.4 Å². The van der Waals surface area contributed by atoms with Gasteiger partial charge in [-0.3, -0.25) is 38.5 Å². The van der Waals surface area contributed by atoms with Crippen LogP contribution in [0.15, 0.2) is 18.3 Å². The monoisotopic (exact) mass is 805 g/mol. The first kappa shape index (κ1) is 43.0. The third kappa shape index (κ3) is 6.77. The van der Waals surface area contributed by atoms with Crippen LogP contribution in [0.4, 0.5) is 0 Å². The highest BCUT2D eigenvalue weighted by Crippen LogP contribution is 2.71. The van der Waals surface area contributed by atoms with Gasteiger partial charge in [0.25, 0.3) is 0 Å². The Balaban J connectivity index is 2.01. The minimum Gasteiger partial charge on any atom is -0.465 e. The molecule has 5 rings (SSSR count). The van der Waals surface area contributed by atoms with Crippen molar-refractivity contribution in [1.82, 2.24) is 4.98 Å². The lowest BCUT2D eigenvalue weighted by atomic mass is 9.42. The second-order valence-corrected chi connectivity index (χ2v) is 15.3. The molecule has 3 fully saturated rings. The Hall–Kier alpha value is -5.17. The Kier molecular flexibility index (Phi) is 11.5. The maximum Gasteiger partial charge on any atom is 0.340 e. The number of rotatable bonds is 7. The summed E-state index contributed by atoms with van der Waals surface area (Å²) < 4.78 is 54.3. The van der Waals surface area contributed by atoms with Gasteiger partial charge in [0.2, 0.25) is 0 Å². The van der Waals surface area contributed by atoms with Crippen LogP contribution in [0.1, 0.15) is 91.2 Å². The van der Waals surface area contributed by atoms with Crippen molar-refractivity contribution in [3.63, 3.8) is 0 Å². The molecule has 13 atom stereocenters. The number of hydrogen-bond acceptors (Lipinski definition) is 19. The van der Waals surface area contributed by atoms with E-state index < -0.39 is 138 Å². The number of hydrogen-bond donors (Lipinski definition) is 1. The van der Waals surface area contributed by atoms with E-state index in [1.165, 1.54) is 32.2 Å². The van der Waals surface area contributed by atoms with E-state index in [0.717, 1.165) is 48.5 Å². The lowest BCUT2D eigenvalue weighted by Crippen LogP contribution is -2.90. The van der Waals surface area contributed by atoms with Gasteiger partial charge in [0, 0.05) is 53.7 Å². The van der Waals surface area contributed by atoms with Gasteiger partial charge in [-0.1, -0.05) is 13.8 Å². The summed E-state index contributed by atoms with van der Waals surface area (Å²) in [5.41, 5.74) is -10.1. The topological polar surface area (TPSA) is 253 Å². The number of cyclic esters (lactones) is 1. The van der Waals surface area contributed by atoms with Crippen LogP contribution >= 0.6 is 0 Å². The molecule has 13 unspecified atom stereocenters. The van der Waals surface area contributed by atoms with Crippen LogP contribution in [0.25, 0.3) is 0 Å². The molecule has 2 saturated carbocycles. The van der Waals surface area contributed by atoms with Crippen molar-refractivity contribution in [3.05, 3.63) is 29.6 Å². The maximum absolute atomic E-state index is 14.3. The standard InChI is InChI=1S/C38H47NO18/c1-16-17(2)32(46)56-28-27(51-19(4)41)29(52-20(5)42)37(15-50-18(3)40)31(54-22(7)44)30(53-21(6)43)35(9)25(14-49-33(47)24-12-11-13-39-26(16)24)57-38(37,36(28,10)48)34(35)55-23(8)45/h11-13,16-17,25,27-31,34,48H,14-15H2,1-10H3. The zero-order valence-corrected chi connectivity index (χ0v) is 33.2. The fourth-order valence-electron chi connectivity index (χ4n) is 9.22. The van der Waals surface area contributed by atoms with Crippen LogP contribution < -0.4 is 0 Å². The first-order chi connectivity index (χ1) is 26.5. The van der Waals surface area contributed by atoms with Gasteiger partial charge in [0.15, 0.2) is 36.1 Å². The van der Waals surface area contributed by atoms with Crippen molar-refractivity contribution in [3.8, 4) is 0 Å². The SMILES string of the molecule is CC(=O)OCC12C(OC(C)=O)C(OC(C)=O)C3OC(=O)C(C)C(C)c4ncccc4C(=O)OCC4OC1(C(OC(C)=O)C4(C)C(OC(C)=O)C2OC(C)=O)C3(C)O. The van der Waals surface area contributed by atoms with E-state index in [1.807, 2.05) is 0 Å². The van der Waals surface area contributed by atoms with Crippen molar-refractivity contribution in [1.29, 1.82) is 0 Å². The molecule has 312 valence electrons. The average molecular weight is 806 g/mol. The quantitative estimate of drug-likeness (QED) is 0.298. The largest absolute Gasteiger partial charge is 0.465 e. The number of carbonyl (C=O) groups is 8. The number of aromatic nitrogens is 1. The molecule has 1 N–H and O–H groups in total. The fourth-order valence-corrected chi connectivity index (χ4v) is 9.22. The van der Waals surface area contributed by atoms with E-state index in [-0.39, 0.29) is 11.3 Å². The highest BCUT2D eigenvalue weighted by atomic mass is 16.7. The molecular formula is C38H47NO18. The number of ether oxygens (including phenoxy) is 9. The maximum atomic E-state index is 14.3. The molecule has 1 aromatic rings. The molecule has 0 radical (unpaired) electrons. The van der Waals surface area contributed by atoms with Crippen LogP contribution in [0, 0.1) is 16.7 Å². The third-order valence-electron chi connectivity index (χ3n) is 11.7. The Labute approximate surface area is 327 Å². The average Bonchev–Trinajstić information content (AvgIpc) is 3.32. The lowest BCUT2D eigenvalue weighted by molar-refractivity contribution is -0.387. The molecule has 2 aliphatic carbocycles. The molecule has 2 aliphatic heterocycles. The van der Waals surface area contributed by atoms with Gasteiger partial charge in [0.05, 0.1) is 22.6 Å². The summed E-state index contributed by atoms with van der Waals surface area (Å²) in [5, 5.41) is 13.4. The van der Waals surface area contributed by atoms with E-state index in [4.69, 9.17) is 42.6 Å². The molecule has 4 bridgehead atoms. The van der Waals surface area contributed by atoms with Crippen LogP contribution in [-0.2, 0) is 76.2 Å². The third-order valence-corrected chi connectivity index (χ3v) is 11.7. The molecule has 3 heterocycles. The normalized spacial score (nSPS) is 38.2. The Morgan fingerprint density at radius 3 is 1.91 bits per heavy atom. The highest BCUT2D eigenvalue weighted by Gasteiger charge is 2.93. The van der Waals surface area contributed by atoms with E-state index in [2.05, 4.69) is 4.98 Å². The lowest BCUT2D eigenvalue weighted by Gasteiger charge is -2.68. The van der Waals surface area contributed by atoms with Gasteiger partial charge in [-0.25, -0.2) is 4.79 Å². The molecule has 0 aromatic carbocycles. The van der Waals surface area contributed by atoms with Gasteiger partial charge in [-0.15, -0.1) is 0 Å². The number of pyridine rings is 1. The second kappa shape index (κ2) is 15.3. The van der Waals surface area contributed by atoms with Crippen molar-refractivity contribution >= 4 is 47.8 Å². The van der Waals surface area contributed by atoms with Crippen molar-refractivity contribution in [2.75, 3.05) is 13.2 Å². The molecule has 4 aliphatic rings. The molecule has 1 spiro atoms. The molecular weight excluding hydrogens is 758 g/mol. The predicted octanol–water partition coefficient (Wildman–Crippen LogP) is 1.03. The first-order valence-electron chi connectivity index (χ1n) is 18.2. The smallest absolute Gasteiger partial charge is 0.340 e. The molecule has 1 saturated heterocycles. The van der Waals surface area contributed by atoms with Gasteiger partial charge >= 0.3 is 47.8 Å². The highest BCUT2D eigenvalue weighted by molar-refractivity contribution is 5.91. The van der Waals surface area contributed by atoms with Crippen LogP contribution in [0.5, 0.6) is 0 Å². The van der Waals surface area contributed by atoms with E-state index >= 15 is 0 Å². The zero-order chi connectivity index (χ0) is 42.6. The summed E-state index contributed by atoms with van der Waals surface area (Å²) in [7, 11) is 0. The number of carbonyl (C=O) groups excluding carboxylic acids is 8. The van der Waals surface area contributed by atoms with E-state index in [9.17, 15) is 43.5 Å². The predicted molar refractivity (Wildman–Crippen MR) is 185 cm³/mol. The molecule has 19 heteroatoms. The second-order valence-electron chi connectivity index (χ2n) is 15.3. The summed E-state index contributed by atoms with van der Waals surface area (Å²) in [4.78, 5) is 111. The Bertz CT molecular complexity index is 1860. The number of esters is 8. The summed E-state index contributed by atoms with van der Waals surface area (Å²) in [5.74, 6) is -10.1. The van der Waals surface area contributed by atoms with Crippen molar-refractivity contribution in [2.45, 2.75) is 129 Å². The van der Waals surface area contributed by atoms with Crippen LogP contribution in [0.3, 0.4) is 0 Å². The Morgan fingerprint density at radius 1 is 0.789 bits per heavy atom. The fraction of sp³-hybridized carbons (Fsp3) is 0.658. The molecule has 57 heavy (non-hydrogen) atoms. The summed E-state index contributed by atoms with van der Waals surface area (Å²) >= 11 is 0. The van der Waals surface area contributed by atoms with Gasteiger partial charge < -0.3 is 47.7 Å². The zero-order valence-electron chi connectivity index (χ0n) is 33.2. The van der Waals surface area contributed by atoms with E-state index in [1.54, 1.807) is 6.92 Å². The van der Waals surface area contributed by atoms with Crippen molar-refractivity contribution in [2.24, 2.45) is 16.7 Å². The summed E-state index contributed by atoms with van der Waals surface area (Å²) in [6.45, 7) is 9.71. The number of nitrogens with zero attached hydrogens (tertiary/aromatic N) is 1. The van der Waals surface area contributed by atoms with Crippen LogP contribution in [0.2, 0.25) is 0 Å². The van der Waals surface area contributed by atoms with E-state index in [0.29, 0.717) is 0 Å². The Morgan fingerprint density at radius 2 is 1.35 bits per heavy atom. The van der Waals surface area contributed by atoms with Gasteiger partial charge in [-0.2, -0.15) is 0 Å². The number of aliphatic hydroxyl groups is 1. The van der Waals surface area contributed by atoms with Crippen LogP contribution in [-0.4, -0.2) is 125 Å². The molecule has 19 nitrogen and oxygen atoms in total. The van der Waals surface area contributed by atoms with Gasteiger partial charge in [-0.05, 0) is 26.0 Å². The number of fused-ring (bicyclic) bond motifs is 5. The first-order valence-corrected chi connectivity index (χ1v) is 18.2. The van der Waals surface area contributed by atoms with Crippen molar-refractivity contribution < 1.29 is 86.1 Å². The summed E-state index contributed by atoms with van der Waals surface area (Å²) in [6.07, 6.45) is -12.2. The molecule has 0 amide bonds. The minimum absolute atomic E-state index is 0.0408.